The topological polar surface area (TPSA) is 16.4 Å². The van der Waals surface area contributed by atoms with Crippen molar-refractivity contribution in [3.05, 3.63) is 234 Å². The number of rotatable bonds is 5. The van der Waals surface area contributed by atoms with Crippen LogP contribution in [0.1, 0.15) is 47.2 Å². The SMILES string of the molecule is CC1(C)c2ccccc2-c2c(N(c3ccc4c(c3)C(c3ccccc3)(c3ccccc3)c3ccccc3-4)c3ccc4oc5ccccc5c4c3)cc3ccccc3c21. The Morgan fingerprint density at radius 2 is 0.983 bits per heavy atom. The molecule has 0 unspecified atom stereocenters. The molecule has 2 aliphatic rings. The minimum absolute atomic E-state index is 0.201. The average molecular weight is 742 g/mol. The molecule has 0 N–H and O–H groups in total. The third-order valence-corrected chi connectivity index (χ3v) is 13.1. The second kappa shape index (κ2) is 12.2. The Balaban J connectivity index is 1.21. The molecule has 58 heavy (non-hydrogen) atoms. The first-order chi connectivity index (χ1) is 28.5. The van der Waals surface area contributed by atoms with Gasteiger partial charge in [0.1, 0.15) is 11.2 Å². The summed E-state index contributed by atoms with van der Waals surface area (Å²) >= 11 is 0. The lowest BCUT2D eigenvalue weighted by Gasteiger charge is -2.35. The molecule has 12 rings (SSSR count). The lowest BCUT2D eigenvalue weighted by atomic mass is 9.67. The third-order valence-electron chi connectivity index (χ3n) is 13.1. The Hall–Kier alpha value is -7.16. The minimum atomic E-state index is -0.527. The second-order valence-electron chi connectivity index (χ2n) is 16.4. The van der Waals surface area contributed by atoms with Gasteiger partial charge in [0.25, 0.3) is 0 Å². The summed E-state index contributed by atoms with van der Waals surface area (Å²) < 4.78 is 6.41. The van der Waals surface area contributed by atoms with E-state index in [1.807, 2.05) is 6.07 Å². The van der Waals surface area contributed by atoms with Gasteiger partial charge in [0.05, 0.1) is 11.1 Å². The number of hydrogen-bond donors (Lipinski definition) is 0. The number of anilines is 3. The van der Waals surface area contributed by atoms with E-state index < -0.39 is 5.41 Å². The minimum Gasteiger partial charge on any atom is -0.456 e. The zero-order valence-electron chi connectivity index (χ0n) is 32.4. The van der Waals surface area contributed by atoms with Crippen LogP contribution in [0.3, 0.4) is 0 Å². The van der Waals surface area contributed by atoms with Gasteiger partial charge < -0.3 is 9.32 Å². The molecule has 1 heterocycles. The monoisotopic (exact) mass is 741 g/mol. The van der Waals surface area contributed by atoms with Crippen molar-refractivity contribution in [2.75, 3.05) is 4.90 Å². The van der Waals surface area contributed by atoms with Gasteiger partial charge in [-0.1, -0.05) is 172 Å². The first-order valence-corrected chi connectivity index (χ1v) is 20.3. The van der Waals surface area contributed by atoms with Crippen LogP contribution in [0.2, 0.25) is 0 Å². The average Bonchev–Trinajstić information content (AvgIpc) is 3.88. The number of benzene rings is 9. The van der Waals surface area contributed by atoms with E-state index >= 15 is 0 Å². The number of para-hydroxylation sites is 1. The molecule has 0 fully saturated rings. The van der Waals surface area contributed by atoms with Gasteiger partial charge in [0, 0.05) is 33.1 Å². The van der Waals surface area contributed by atoms with E-state index in [2.05, 4.69) is 213 Å². The molecule has 2 aliphatic carbocycles. The molecule has 0 amide bonds. The molecule has 9 aromatic carbocycles. The van der Waals surface area contributed by atoms with Gasteiger partial charge in [-0.2, -0.15) is 0 Å². The molecular formula is C56H39NO. The summed E-state index contributed by atoms with van der Waals surface area (Å²) in [5, 5.41) is 4.75. The van der Waals surface area contributed by atoms with E-state index in [9.17, 15) is 0 Å². The zero-order valence-corrected chi connectivity index (χ0v) is 32.4. The second-order valence-corrected chi connectivity index (χ2v) is 16.4. The first-order valence-electron chi connectivity index (χ1n) is 20.3. The fourth-order valence-electron chi connectivity index (χ4n) is 10.7. The molecule has 0 saturated heterocycles. The summed E-state index contributed by atoms with van der Waals surface area (Å²) in [5.74, 6) is 0. The van der Waals surface area contributed by atoms with Crippen LogP contribution in [-0.2, 0) is 10.8 Å². The highest BCUT2D eigenvalue weighted by Gasteiger charge is 2.47. The molecule has 1 aromatic heterocycles. The van der Waals surface area contributed by atoms with Gasteiger partial charge >= 0.3 is 0 Å². The van der Waals surface area contributed by atoms with Crippen molar-refractivity contribution >= 4 is 49.8 Å². The zero-order chi connectivity index (χ0) is 38.6. The Labute approximate surface area is 338 Å². The van der Waals surface area contributed by atoms with Crippen molar-refractivity contribution in [2.24, 2.45) is 0 Å². The molecule has 2 nitrogen and oxygen atoms in total. The summed E-state index contributed by atoms with van der Waals surface area (Å²) in [4.78, 5) is 2.52. The predicted octanol–water partition coefficient (Wildman–Crippen LogP) is 14.9. The van der Waals surface area contributed by atoms with Gasteiger partial charge in [-0.3, -0.25) is 0 Å². The van der Waals surface area contributed by atoms with Crippen LogP contribution in [0.4, 0.5) is 17.1 Å². The highest BCUT2D eigenvalue weighted by atomic mass is 16.3. The Bertz CT molecular complexity index is 3220. The van der Waals surface area contributed by atoms with Gasteiger partial charge in [0.2, 0.25) is 0 Å². The van der Waals surface area contributed by atoms with E-state index in [4.69, 9.17) is 4.42 Å². The lowest BCUT2D eigenvalue weighted by Crippen LogP contribution is -2.28. The van der Waals surface area contributed by atoms with E-state index in [1.165, 1.54) is 72.1 Å². The predicted molar refractivity (Wildman–Crippen MR) is 241 cm³/mol. The molecule has 10 aromatic rings. The number of fused-ring (bicyclic) bond motifs is 11. The van der Waals surface area contributed by atoms with Crippen molar-refractivity contribution in [2.45, 2.75) is 24.7 Å². The van der Waals surface area contributed by atoms with Crippen LogP contribution < -0.4 is 4.90 Å². The summed E-state index contributed by atoms with van der Waals surface area (Å²) in [6, 6.07) is 73.9. The Kier molecular flexibility index (Phi) is 6.93. The Morgan fingerprint density at radius 3 is 1.76 bits per heavy atom. The van der Waals surface area contributed by atoms with Gasteiger partial charge in [0.15, 0.2) is 0 Å². The van der Waals surface area contributed by atoms with Crippen molar-refractivity contribution in [1.29, 1.82) is 0 Å². The molecule has 274 valence electrons. The summed E-state index contributed by atoms with van der Waals surface area (Å²) in [7, 11) is 0. The number of nitrogens with zero attached hydrogens (tertiary/aromatic N) is 1. The van der Waals surface area contributed by atoms with Gasteiger partial charge in [-0.25, -0.2) is 0 Å². The van der Waals surface area contributed by atoms with E-state index in [-0.39, 0.29) is 5.41 Å². The fourth-order valence-corrected chi connectivity index (χ4v) is 10.7. The van der Waals surface area contributed by atoms with Crippen molar-refractivity contribution in [3.8, 4) is 22.3 Å². The standard InChI is InChI=1S/C56H39NO/c1-55(2)47-26-14-12-25-45(47)53-50(33-36-17-9-10-22-41(36)54(53)55)57(39-30-32-52-46(34-39)44-24-13-16-28-51(44)58-52)40-29-31-43-42-23-11-15-27-48(42)56(49(43)35-40,37-18-5-3-6-19-37)38-20-7-4-8-21-38/h3-35H,1-2H3. The van der Waals surface area contributed by atoms with Crippen molar-refractivity contribution in [3.63, 3.8) is 0 Å². The molecule has 0 radical (unpaired) electrons. The maximum absolute atomic E-state index is 6.41. The third kappa shape index (κ3) is 4.43. The lowest BCUT2D eigenvalue weighted by molar-refractivity contribution is 0.666. The largest absolute Gasteiger partial charge is 0.456 e. The highest BCUT2D eigenvalue weighted by molar-refractivity contribution is 6.09. The smallest absolute Gasteiger partial charge is 0.135 e. The van der Waals surface area contributed by atoms with Crippen molar-refractivity contribution < 1.29 is 4.42 Å². The van der Waals surface area contributed by atoms with E-state index in [0.29, 0.717) is 0 Å². The quantitative estimate of drug-likeness (QED) is 0.175. The molecule has 0 spiro atoms. The fraction of sp³-hybridized carbons (Fsp3) is 0.0714. The van der Waals surface area contributed by atoms with Crippen LogP contribution in [0.25, 0.3) is 55.0 Å². The normalized spacial score (nSPS) is 14.3. The van der Waals surface area contributed by atoms with E-state index in [1.54, 1.807) is 0 Å². The van der Waals surface area contributed by atoms with Crippen LogP contribution in [-0.4, -0.2) is 0 Å². The van der Waals surface area contributed by atoms with Crippen LogP contribution >= 0.6 is 0 Å². The molecule has 0 bridgehead atoms. The number of hydrogen-bond acceptors (Lipinski definition) is 2. The summed E-state index contributed by atoms with van der Waals surface area (Å²) in [6.07, 6.45) is 0. The van der Waals surface area contributed by atoms with E-state index in [0.717, 1.165) is 33.3 Å². The summed E-state index contributed by atoms with van der Waals surface area (Å²) in [6.45, 7) is 4.78. The Morgan fingerprint density at radius 1 is 0.414 bits per heavy atom. The van der Waals surface area contributed by atoms with Crippen LogP contribution in [0.5, 0.6) is 0 Å². The molecule has 0 atom stereocenters. The molecular weight excluding hydrogens is 703 g/mol. The maximum Gasteiger partial charge on any atom is 0.135 e. The first kappa shape index (κ1) is 33.0. The van der Waals surface area contributed by atoms with Crippen LogP contribution in [0.15, 0.2) is 205 Å². The number of furan rings is 1. The van der Waals surface area contributed by atoms with Gasteiger partial charge in [-0.15, -0.1) is 0 Å². The maximum atomic E-state index is 6.41. The van der Waals surface area contributed by atoms with Crippen LogP contribution in [0, 0.1) is 0 Å². The highest BCUT2D eigenvalue weighted by Crippen LogP contribution is 2.60. The molecule has 0 aliphatic heterocycles. The summed E-state index contributed by atoms with van der Waals surface area (Å²) in [5.41, 5.74) is 17.4. The molecule has 0 saturated carbocycles. The van der Waals surface area contributed by atoms with Crippen molar-refractivity contribution in [1.82, 2.24) is 0 Å². The van der Waals surface area contributed by atoms with Gasteiger partial charge in [-0.05, 0) is 103 Å². The molecule has 2 heteroatoms.